The molecule has 138 valence electrons. The van der Waals surface area contributed by atoms with Crippen LogP contribution in [0, 0.1) is 0 Å². The molecule has 7 nitrogen and oxygen atoms in total. The zero-order valence-corrected chi connectivity index (χ0v) is 15.4. The Morgan fingerprint density at radius 3 is 2.08 bits per heavy atom. The monoisotopic (exact) mass is 417 g/mol. The van der Waals surface area contributed by atoms with Crippen LogP contribution in [0.3, 0.4) is 0 Å². The summed E-state index contributed by atoms with van der Waals surface area (Å²) >= 11 is 11.7. The van der Waals surface area contributed by atoms with Gasteiger partial charge >= 0.3 is 11.9 Å². The smallest absolute Gasteiger partial charge is 0.335 e. The highest BCUT2D eigenvalue weighted by Crippen LogP contribution is 2.29. The Morgan fingerprint density at radius 2 is 1.58 bits per heavy atom. The van der Waals surface area contributed by atoms with Crippen LogP contribution in [-0.4, -0.2) is 37.1 Å². The lowest BCUT2D eigenvalue weighted by atomic mass is 10.2. The van der Waals surface area contributed by atoms with Crippen molar-refractivity contribution in [1.29, 1.82) is 0 Å². The Kier molecular flexibility index (Phi) is 6.12. The number of rotatable bonds is 7. The van der Waals surface area contributed by atoms with Gasteiger partial charge in [0.05, 0.1) is 32.6 Å². The SMILES string of the molecule is O=C(O)CCN(c1ccc(C(=O)O)cc1)S(=O)(=O)c1ccc(Cl)c(Cl)c1. The van der Waals surface area contributed by atoms with Gasteiger partial charge in [-0.15, -0.1) is 0 Å². The molecule has 0 aliphatic rings. The number of hydrogen-bond donors (Lipinski definition) is 2. The second-order valence-corrected chi connectivity index (χ2v) is 7.83. The maximum Gasteiger partial charge on any atom is 0.335 e. The van der Waals surface area contributed by atoms with Crippen LogP contribution in [0.4, 0.5) is 5.69 Å². The van der Waals surface area contributed by atoms with E-state index >= 15 is 0 Å². The first-order valence-electron chi connectivity index (χ1n) is 7.16. The number of halogens is 2. The van der Waals surface area contributed by atoms with E-state index in [4.69, 9.17) is 33.4 Å². The van der Waals surface area contributed by atoms with E-state index in [1.807, 2.05) is 0 Å². The summed E-state index contributed by atoms with van der Waals surface area (Å²) in [6.07, 6.45) is -0.443. The van der Waals surface area contributed by atoms with Gasteiger partial charge in [-0.05, 0) is 42.5 Å². The summed E-state index contributed by atoms with van der Waals surface area (Å²) in [7, 11) is -4.14. The molecule has 0 aliphatic heterocycles. The van der Waals surface area contributed by atoms with E-state index in [1.165, 1.54) is 42.5 Å². The minimum atomic E-state index is -4.14. The average molecular weight is 418 g/mol. The maximum absolute atomic E-state index is 12.9. The van der Waals surface area contributed by atoms with Crippen LogP contribution in [0.25, 0.3) is 0 Å². The highest BCUT2D eigenvalue weighted by molar-refractivity contribution is 7.92. The summed E-state index contributed by atoms with van der Waals surface area (Å²) in [5, 5.41) is 18.1. The lowest BCUT2D eigenvalue weighted by Crippen LogP contribution is -2.33. The third-order valence-corrected chi connectivity index (χ3v) is 5.97. The summed E-state index contributed by atoms with van der Waals surface area (Å²) in [6.45, 7) is -0.343. The molecule has 10 heteroatoms. The molecule has 0 unspecified atom stereocenters. The second kappa shape index (κ2) is 7.94. The van der Waals surface area contributed by atoms with E-state index in [0.717, 1.165) is 4.31 Å². The molecule has 0 fully saturated rings. The van der Waals surface area contributed by atoms with Gasteiger partial charge in [0.25, 0.3) is 10.0 Å². The van der Waals surface area contributed by atoms with Gasteiger partial charge < -0.3 is 10.2 Å². The third kappa shape index (κ3) is 4.46. The number of aromatic carboxylic acids is 1. The van der Waals surface area contributed by atoms with Crippen molar-refractivity contribution < 1.29 is 28.2 Å². The number of carboxylic acids is 2. The first-order valence-corrected chi connectivity index (χ1v) is 9.35. The molecule has 2 aromatic rings. The number of hydrogen-bond acceptors (Lipinski definition) is 4. The largest absolute Gasteiger partial charge is 0.481 e. The van der Waals surface area contributed by atoms with Crippen molar-refractivity contribution >= 4 is 50.9 Å². The predicted octanol–water partition coefficient (Wildman–Crippen LogP) is 3.36. The molecular weight excluding hydrogens is 405 g/mol. The fourth-order valence-electron chi connectivity index (χ4n) is 2.12. The summed E-state index contributed by atoms with van der Waals surface area (Å²) < 4.78 is 26.8. The molecular formula is C16H13Cl2NO6S. The van der Waals surface area contributed by atoms with Crippen molar-refractivity contribution in [3.63, 3.8) is 0 Å². The van der Waals surface area contributed by atoms with Crippen molar-refractivity contribution in [1.82, 2.24) is 0 Å². The van der Waals surface area contributed by atoms with Crippen molar-refractivity contribution in [2.24, 2.45) is 0 Å². The maximum atomic E-state index is 12.9. The molecule has 0 aliphatic carbocycles. The van der Waals surface area contributed by atoms with Crippen LogP contribution in [0.5, 0.6) is 0 Å². The molecule has 2 N–H and O–H groups in total. The van der Waals surface area contributed by atoms with Gasteiger partial charge in [-0.25, -0.2) is 13.2 Å². The molecule has 0 saturated heterocycles. The van der Waals surface area contributed by atoms with Gasteiger partial charge in [0.2, 0.25) is 0 Å². The van der Waals surface area contributed by atoms with E-state index < -0.39 is 28.4 Å². The summed E-state index contributed by atoms with van der Waals surface area (Å²) in [4.78, 5) is 21.7. The van der Waals surface area contributed by atoms with Crippen LogP contribution in [0.2, 0.25) is 10.0 Å². The highest BCUT2D eigenvalue weighted by atomic mass is 35.5. The molecule has 2 aromatic carbocycles. The first-order chi connectivity index (χ1) is 12.1. The van der Waals surface area contributed by atoms with Crippen LogP contribution in [-0.2, 0) is 14.8 Å². The Labute approximate surface area is 159 Å². The fourth-order valence-corrected chi connectivity index (χ4v) is 3.98. The molecule has 0 saturated carbocycles. The Hall–Kier alpha value is -2.29. The Bertz CT molecular complexity index is 944. The molecule has 0 amide bonds. The number of benzene rings is 2. The van der Waals surface area contributed by atoms with Gasteiger partial charge in [0.15, 0.2) is 0 Å². The zero-order valence-electron chi connectivity index (χ0n) is 13.1. The van der Waals surface area contributed by atoms with Crippen molar-refractivity contribution in [3.8, 4) is 0 Å². The Balaban J connectivity index is 2.50. The van der Waals surface area contributed by atoms with E-state index in [0.29, 0.717) is 0 Å². The van der Waals surface area contributed by atoms with Gasteiger partial charge in [-0.2, -0.15) is 0 Å². The molecule has 0 heterocycles. The standard InChI is InChI=1S/C16H13Cl2NO6S/c17-13-6-5-12(9-14(13)18)26(24,25)19(8-7-15(20)21)11-3-1-10(2-4-11)16(22)23/h1-6,9H,7-8H2,(H,20,21)(H,22,23). The molecule has 26 heavy (non-hydrogen) atoms. The van der Waals surface area contributed by atoms with Crippen LogP contribution in [0.15, 0.2) is 47.4 Å². The molecule has 0 spiro atoms. The summed E-state index contributed by atoms with van der Waals surface area (Å²) in [5.41, 5.74) is 0.0983. The number of nitrogens with zero attached hydrogens (tertiary/aromatic N) is 1. The Morgan fingerprint density at radius 1 is 0.962 bits per heavy atom. The van der Waals surface area contributed by atoms with Crippen molar-refractivity contribution in [2.45, 2.75) is 11.3 Å². The highest BCUT2D eigenvalue weighted by Gasteiger charge is 2.26. The average Bonchev–Trinajstić information content (AvgIpc) is 2.57. The number of sulfonamides is 1. The van der Waals surface area contributed by atoms with E-state index in [9.17, 15) is 18.0 Å². The molecule has 0 aromatic heterocycles. The van der Waals surface area contributed by atoms with Crippen LogP contribution >= 0.6 is 23.2 Å². The lowest BCUT2D eigenvalue weighted by molar-refractivity contribution is -0.136. The quantitative estimate of drug-likeness (QED) is 0.713. The van der Waals surface area contributed by atoms with Crippen molar-refractivity contribution in [2.75, 3.05) is 10.8 Å². The minimum absolute atomic E-state index is 0.0288. The van der Waals surface area contributed by atoms with Gasteiger partial charge in [0.1, 0.15) is 0 Å². The molecule has 0 radical (unpaired) electrons. The van der Waals surface area contributed by atoms with Crippen molar-refractivity contribution in [3.05, 3.63) is 58.1 Å². The molecule has 0 bridgehead atoms. The molecule has 0 atom stereocenters. The summed E-state index contributed by atoms with van der Waals surface area (Å²) in [5.74, 6) is -2.34. The van der Waals surface area contributed by atoms with Gasteiger partial charge in [-0.1, -0.05) is 23.2 Å². The van der Waals surface area contributed by atoms with E-state index in [1.54, 1.807) is 0 Å². The number of aliphatic carboxylic acids is 1. The number of carbonyl (C=O) groups is 2. The van der Waals surface area contributed by atoms with Crippen LogP contribution < -0.4 is 4.31 Å². The lowest BCUT2D eigenvalue weighted by Gasteiger charge is -2.24. The van der Waals surface area contributed by atoms with Crippen LogP contribution in [0.1, 0.15) is 16.8 Å². The normalized spacial score (nSPS) is 11.2. The first kappa shape index (κ1) is 20.0. The van der Waals surface area contributed by atoms with E-state index in [2.05, 4.69) is 0 Å². The van der Waals surface area contributed by atoms with Gasteiger partial charge in [-0.3, -0.25) is 9.10 Å². The predicted molar refractivity (Wildman–Crippen MR) is 96.6 cm³/mol. The van der Waals surface area contributed by atoms with E-state index in [-0.39, 0.29) is 32.7 Å². The number of anilines is 1. The minimum Gasteiger partial charge on any atom is -0.481 e. The topological polar surface area (TPSA) is 112 Å². The second-order valence-electron chi connectivity index (χ2n) is 5.15. The van der Waals surface area contributed by atoms with Gasteiger partial charge in [0, 0.05) is 6.54 Å². The number of carboxylic acid groups (broad SMARTS) is 2. The molecule has 2 rings (SSSR count). The summed E-state index contributed by atoms with van der Waals surface area (Å²) in [6, 6.07) is 8.79. The fraction of sp³-hybridized carbons (Fsp3) is 0.125. The zero-order chi connectivity index (χ0) is 19.5. The third-order valence-electron chi connectivity index (χ3n) is 3.41.